The first kappa shape index (κ1) is 15.5. The maximum absolute atomic E-state index is 14.1. The minimum absolute atomic E-state index is 0.208. The first-order chi connectivity index (χ1) is 10.5. The lowest BCUT2D eigenvalue weighted by Gasteiger charge is -2.16. The molecule has 0 radical (unpaired) electrons. The number of rotatable bonds is 4. The predicted octanol–water partition coefficient (Wildman–Crippen LogP) is 2.77. The van der Waals surface area contributed by atoms with E-state index < -0.39 is 17.9 Å². The van der Waals surface area contributed by atoms with Gasteiger partial charge in [0.1, 0.15) is 18.2 Å². The smallest absolute Gasteiger partial charge is 0.237 e. The van der Waals surface area contributed by atoms with Crippen LogP contribution in [0.25, 0.3) is 0 Å². The van der Waals surface area contributed by atoms with Crippen LogP contribution in [0.3, 0.4) is 0 Å². The molecule has 3 rings (SSSR count). The van der Waals surface area contributed by atoms with Crippen LogP contribution in [0.2, 0.25) is 0 Å². The minimum atomic E-state index is -0.669. The number of carbonyl (C=O) groups is 1. The van der Waals surface area contributed by atoms with E-state index in [1.807, 2.05) is 16.8 Å². The molecule has 1 amide bonds. The van der Waals surface area contributed by atoms with Gasteiger partial charge in [0.05, 0.1) is 17.6 Å². The maximum Gasteiger partial charge on any atom is 0.237 e. The Kier molecular flexibility index (Phi) is 4.46. The molecule has 0 bridgehead atoms. The molecule has 1 aliphatic heterocycles. The lowest BCUT2D eigenvalue weighted by Crippen LogP contribution is -2.44. The lowest BCUT2D eigenvalue weighted by atomic mass is 10.1. The highest BCUT2D eigenvalue weighted by Crippen LogP contribution is 2.36. The Morgan fingerprint density at radius 1 is 1.59 bits per heavy atom. The van der Waals surface area contributed by atoms with Gasteiger partial charge in [-0.05, 0) is 40.9 Å². The van der Waals surface area contributed by atoms with Crippen LogP contribution in [0.1, 0.15) is 17.2 Å². The van der Waals surface area contributed by atoms with Crippen LogP contribution in [0.15, 0.2) is 33.4 Å². The minimum Gasteiger partial charge on any atom is -0.491 e. The molecule has 7 heteroatoms. The third-order valence-electron chi connectivity index (χ3n) is 3.50. The first-order valence-corrected chi connectivity index (χ1v) is 8.47. The number of thiophene rings is 1. The zero-order valence-corrected chi connectivity index (χ0v) is 13.9. The van der Waals surface area contributed by atoms with Crippen molar-refractivity contribution in [1.82, 2.24) is 5.32 Å². The quantitative estimate of drug-likeness (QED) is 0.851. The standard InChI is InChI=1S/C15H14BrFN2O2S/c16-9-4-10(17)14-12(6-21-13(14)5-9)19-15(20)11(18)3-8-1-2-22-7-8/h1-2,4-5,7,11-12H,3,6,18H2,(H,19,20). The maximum atomic E-state index is 14.1. The molecule has 2 atom stereocenters. The van der Waals surface area contributed by atoms with E-state index in [1.165, 1.54) is 6.07 Å². The normalized spacial score (nSPS) is 17.7. The average molecular weight is 385 g/mol. The number of halogens is 2. The summed E-state index contributed by atoms with van der Waals surface area (Å²) in [4.78, 5) is 12.2. The van der Waals surface area contributed by atoms with Gasteiger partial charge in [-0.25, -0.2) is 4.39 Å². The van der Waals surface area contributed by atoms with Crippen molar-refractivity contribution in [1.29, 1.82) is 0 Å². The second-order valence-corrected chi connectivity index (χ2v) is 6.81. The summed E-state index contributed by atoms with van der Waals surface area (Å²) >= 11 is 4.78. The van der Waals surface area contributed by atoms with E-state index in [2.05, 4.69) is 21.2 Å². The molecule has 2 unspecified atom stereocenters. The number of hydrogen-bond donors (Lipinski definition) is 2. The van der Waals surface area contributed by atoms with Crippen LogP contribution < -0.4 is 15.8 Å². The van der Waals surface area contributed by atoms with Crippen LogP contribution in [0.4, 0.5) is 4.39 Å². The summed E-state index contributed by atoms with van der Waals surface area (Å²) in [5.41, 5.74) is 7.31. The summed E-state index contributed by atoms with van der Waals surface area (Å²) in [6, 6.07) is 3.80. The molecule has 3 N–H and O–H groups in total. The van der Waals surface area contributed by atoms with Gasteiger partial charge in [0, 0.05) is 4.47 Å². The zero-order chi connectivity index (χ0) is 15.7. The summed E-state index contributed by atoms with van der Waals surface area (Å²) in [5, 5.41) is 6.66. The van der Waals surface area contributed by atoms with E-state index >= 15 is 0 Å². The molecule has 0 saturated carbocycles. The monoisotopic (exact) mass is 384 g/mol. The summed E-state index contributed by atoms with van der Waals surface area (Å²) in [5.74, 6) is -0.267. The van der Waals surface area contributed by atoms with Gasteiger partial charge in [-0.15, -0.1) is 0 Å². The third kappa shape index (κ3) is 3.16. The fourth-order valence-corrected chi connectivity index (χ4v) is 3.51. The highest BCUT2D eigenvalue weighted by molar-refractivity contribution is 9.10. The van der Waals surface area contributed by atoms with Gasteiger partial charge in [-0.1, -0.05) is 15.9 Å². The molecule has 0 fully saturated rings. The second kappa shape index (κ2) is 6.36. The molecule has 116 valence electrons. The van der Waals surface area contributed by atoms with Crippen molar-refractivity contribution in [2.75, 3.05) is 6.61 Å². The number of carbonyl (C=O) groups excluding carboxylic acids is 1. The van der Waals surface area contributed by atoms with Gasteiger partial charge in [0.25, 0.3) is 0 Å². The molecule has 1 aliphatic rings. The fourth-order valence-electron chi connectivity index (χ4n) is 2.42. The zero-order valence-electron chi connectivity index (χ0n) is 11.5. The average Bonchev–Trinajstić information content (AvgIpc) is 3.08. The number of benzene rings is 1. The third-order valence-corrected chi connectivity index (χ3v) is 4.69. The Morgan fingerprint density at radius 2 is 2.41 bits per heavy atom. The highest BCUT2D eigenvalue weighted by atomic mass is 79.9. The van der Waals surface area contributed by atoms with Gasteiger partial charge in [-0.3, -0.25) is 4.79 Å². The van der Waals surface area contributed by atoms with Gasteiger partial charge < -0.3 is 15.8 Å². The SMILES string of the molecule is NC(Cc1ccsc1)C(=O)NC1COc2cc(Br)cc(F)c21. The van der Waals surface area contributed by atoms with E-state index in [9.17, 15) is 9.18 Å². The lowest BCUT2D eigenvalue weighted by molar-refractivity contribution is -0.123. The topological polar surface area (TPSA) is 64.4 Å². The molecule has 0 saturated heterocycles. The number of hydrogen-bond acceptors (Lipinski definition) is 4. The number of fused-ring (bicyclic) bond motifs is 1. The van der Waals surface area contributed by atoms with Crippen LogP contribution in [-0.4, -0.2) is 18.6 Å². The van der Waals surface area contributed by atoms with Gasteiger partial charge in [0.15, 0.2) is 0 Å². The molecule has 1 aromatic carbocycles. The summed E-state index contributed by atoms with van der Waals surface area (Å²) in [6.07, 6.45) is 0.457. The van der Waals surface area contributed by atoms with Crippen molar-refractivity contribution in [2.24, 2.45) is 5.73 Å². The first-order valence-electron chi connectivity index (χ1n) is 6.73. The van der Waals surface area contributed by atoms with Gasteiger partial charge >= 0.3 is 0 Å². The number of amides is 1. The largest absolute Gasteiger partial charge is 0.491 e. The number of nitrogens with two attached hydrogens (primary N) is 1. The second-order valence-electron chi connectivity index (χ2n) is 5.11. The summed E-state index contributed by atoms with van der Waals surface area (Å²) < 4.78 is 20.1. The Balaban J connectivity index is 1.69. The fraction of sp³-hybridized carbons (Fsp3) is 0.267. The van der Waals surface area contributed by atoms with Crippen molar-refractivity contribution in [3.8, 4) is 5.75 Å². The molecule has 0 aliphatic carbocycles. The Bertz CT molecular complexity index is 693. The van der Waals surface area contributed by atoms with Gasteiger partial charge in [0.2, 0.25) is 5.91 Å². The van der Waals surface area contributed by atoms with Crippen molar-refractivity contribution in [2.45, 2.75) is 18.5 Å². The molecule has 2 aromatic rings. The van der Waals surface area contributed by atoms with Crippen molar-refractivity contribution < 1.29 is 13.9 Å². The summed E-state index contributed by atoms with van der Waals surface area (Å²) in [6.45, 7) is 0.208. The molecular formula is C15H14BrFN2O2S. The highest BCUT2D eigenvalue weighted by Gasteiger charge is 2.30. The molecule has 22 heavy (non-hydrogen) atoms. The Labute approximate surface area is 139 Å². The number of nitrogens with one attached hydrogen (secondary N) is 1. The molecule has 1 aromatic heterocycles. The van der Waals surface area contributed by atoms with E-state index in [4.69, 9.17) is 10.5 Å². The molecule has 4 nitrogen and oxygen atoms in total. The number of ether oxygens (including phenoxy) is 1. The van der Waals surface area contributed by atoms with E-state index in [0.717, 1.165) is 5.56 Å². The van der Waals surface area contributed by atoms with Crippen molar-refractivity contribution in [3.05, 3.63) is 50.4 Å². The van der Waals surface area contributed by atoms with Crippen LogP contribution >= 0.6 is 27.3 Å². The van der Waals surface area contributed by atoms with Gasteiger partial charge in [-0.2, -0.15) is 11.3 Å². The van der Waals surface area contributed by atoms with Crippen LogP contribution in [-0.2, 0) is 11.2 Å². The van der Waals surface area contributed by atoms with E-state index in [0.29, 0.717) is 22.2 Å². The van der Waals surface area contributed by atoms with Crippen LogP contribution in [0.5, 0.6) is 5.75 Å². The van der Waals surface area contributed by atoms with Crippen molar-refractivity contribution >= 4 is 33.2 Å². The molecule has 2 heterocycles. The predicted molar refractivity (Wildman–Crippen MR) is 86.5 cm³/mol. The van der Waals surface area contributed by atoms with Crippen LogP contribution in [0, 0.1) is 5.82 Å². The molecular weight excluding hydrogens is 371 g/mol. The Hall–Kier alpha value is -1.44. The van der Waals surface area contributed by atoms with E-state index in [1.54, 1.807) is 17.4 Å². The van der Waals surface area contributed by atoms with Crippen molar-refractivity contribution in [3.63, 3.8) is 0 Å². The Morgan fingerprint density at radius 3 is 3.14 bits per heavy atom. The summed E-state index contributed by atoms with van der Waals surface area (Å²) in [7, 11) is 0. The molecule has 0 spiro atoms. The van der Waals surface area contributed by atoms with E-state index in [-0.39, 0.29) is 12.5 Å².